The molecule has 1 fully saturated rings. The van der Waals surface area contributed by atoms with Gasteiger partial charge in [0.1, 0.15) is 0 Å². The number of hydrogen-bond donors (Lipinski definition) is 1. The van der Waals surface area contributed by atoms with Crippen molar-refractivity contribution in [2.75, 3.05) is 6.26 Å². The Morgan fingerprint density at radius 3 is 2.94 bits per heavy atom. The Kier molecular flexibility index (Phi) is 4.45. The molecular formula is C12H16ClN3OS. The number of rotatable bonds is 3. The van der Waals surface area contributed by atoms with E-state index < -0.39 is 0 Å². The Bertz CT molecular complexity index is 455. The summed E-state index contributed by atoms with van der Waals surface area (Å²) < 4.78 is 0. The molecule has 4 nitrogen and oxygen atoms in total. The molecule has 0 aliphatic heterocycles. The number of nitrogens with one attached hydrogen (secondary N) is 1. The number of thioether (sulfide) groups is 1. The molecule has 1 aromatic rings. The third-order valence-corrected chi connectivity index (χ3v) is 3.99. The van der Waals surface area contributed by atoms with Gasteiger partial charge in [0.2, 0.25) is 0 Å². The third kappa shape index (κ3) is 3.14. The molecule has 2 atom stereocenters. The fourth-order valence-electron chi connectivity index (χ4n) is 2.20. The quantitative estimate of drug-likeness (QED) is 0.685. The Labute approximate surface area is 116 Å². The molecule has 0 saturated heterocycles. The van der Waals surface area contributed by atoms with E-state index in [9.17, 15) is 4.79 Å². The second kappa shape index (κ2) is 5.89. The molecule has 0 aromatic carbocycles. The smallest absolute Gasteiger partial charge is 0.271 e. The summed E-state index contributed by atoms with van der Waals surface area (Å²) in [5.74, 6) is 0.481. The van der Waals surface area contributed by atoms with E-state index in [1.54, 1.807) is 0 Å². The maximum atomic E-state index is 12.1. The van der Waals surface area contributed by atoms with E-state index in [2.05, 4.69) is 22.2 Å². The van der Waals surface area contributed by atoms with Crippen LogP contribution in [0.5, 0.6) is 0 Å². The third-order valence-electron chi connectivity index (χ3n) is 3.15. The lowest BCUT2D eigenvalue weighted by molar-refractivity contribution is 0.0931. The lowest BCUT2D eigenvalue weighted by Crippen LogP contribution is -2.33. The zero-order valence-electron chi connectivity index (χ0n) is 10.4. The van der Waals surface area contributed by atoms with E-state index in [0.29, 0.717) is 16.1 Å². The number of halogens is 1. The van der Waals surface area contributed by atoms with Crippen molar-refractivity contribution in [1.82, 2.24) is 15.3 Å². The second-order valence-electron chi connectivity index (χ2n) is 4.64. The number of nitrogens with zero attached hydrogens (tertiary/aromatic N) is 2. The van der Waals surface area contributed by atoms with Crippen LogP contribution >= 0.6 is 23.4 Å². The van der Waals surface area contributed by atoms with Crippen LogP contribution in [-0.4, -0.2) is 28.2 Å². The highest BCUT2D eigenvalue weighted by Crippen LogP contribution is 2.25. The van der Waals surface area contributed by atoms with Gasteiger partial charge in [-0.1, -0.05) is 30.3 Å². The summed E-state index contributed by atoms with van der Waals surface area (Å²) in [4.78, 5) is 20.3. The molecule has 1 amide bonds. The van der Waals surface area contributed by atoms with Crippen LogP contribution < -0.4 is 5.32 Å². The van der Waals surface area contributed by atoms with Gasteiger partial charge in [0.25, 0.3) is 5.91 Å². The number of carbonyl (C=O) groups excluding carboxylic acids is 1. The van der Waals surface area contributed by atoms with Crippen LogP contribution in [0.25, 0.3) is 0 Å². The molecule has 2 unspecified atom stereocenters. The Morgan fingerprint density at radius 2 is 2.33 bits per heavy atom. The highest BCUT2D eigenvalue weighted by molar-refractivity contribution is 7.98. The van der Waals surface area contributed by atoms with Crippen LogP contribution in [0.2, 0.25) is 5.02 Å². The summed E-state index contributed by atoms with van der Waals surface area (Å²) in [6.45, 7) is 2.20. The Balaban J connectivity index is 2.08. The summed E-state index contributed by atoms with van der Waals surface area (Å²) in [6.07, 6.45) is 6.57. The largest absolute Gasteiger partial charge is 0.348 e. The monoisotopic (exact) mass is 285 g/mol. The van der Waals surface area contributed by atoms with E-state index in [1.807, 2.05) is 6.26 Å². The molecular weight excluding hydrogens is 270 g/mol. The van der Waals surface area contributed by atoms with Gasteiger partial charge >= 0.3 is 0 Å². The molecule has 18 heavy (non-hydrogen) atoms. The molecule has 1 aliphatic carbocycles. The van der Waals surface area contributed by atoms with Crippen molar-refractivity contribution >= 4 is 29.3 Å². The molecule has 0 spiro atoms. The van der Waals surface area contributed by atoms with Crippen molar-refractivity contribution in [3.63, 3.8) is 0 Å². The van der Waals surface area contributed by atoms with Gasteiger partial charge in [0.05, 0.1) is 11.2 Å². The van der Waals surface area contributed by atoms with E-state index in [4.69, 9.17) is 11.6 Å². The molecule has 0 bridgehead atoms. The number of hydrogen-bond acceptors (Lipinski definition) is 4. The molecule has 1 N–H and O–H groups in total. The van der Waals surface area contributed by atoms with Crippen LogP contribution in [0.4, 0.5) is 0 Å². The predicted octanol–water partition coefficient (Wildman–Crippen LogP) is 2.77. The fourth-order valence-corrected chi connectivity index (χ4v) is 2.72. The van der Waals surface area contributed by atoms with Crippen LogP contribution in [0.1, 0.15) is 36.7 Å². The minimum atomic E-state index is -0.197. The number of aromatic nitrogens is 2. The normalized spacial score (nSPS) is 23.1. The zero-order chi connectivity index (χ0) is 13.1. The molecule has 1 aromatic heterocycles. The fraction of sp³-hybridized carbons (Fsp3) is 0.583. The molecule has 1 heterocycles. The Morgan fingerprint density at radius 1 is 1.56 bits per heavy atom. The zero-order valence-corrected chi connectivity index (χ0v) is 12.0. The summed E-state index contributed by atoms with van der Waals surface area (Å²) >= 11 is 7.36. The highest BCUT2D eigenvalue weighted by Gasteiger charge is 2.24. The topological polar surface area (TPSA) is 54.9 Å². The maximum Gasteiger partial charge on any atom is 0.271 e. The maximum absolute atomic E-state index is 12.1. The Hall–Kier alpha value is -0.810. The van der Waals surface area contributed by atoms with Crippen LogP contribution in [0, 0.1) is 5.92 Å². The lowest BCUT2D eigenvalue weighted by Gasteiger charge is -2.12. The summed E-state index contributed by atoms with van der Waals surface area (Å²) in [5.41, 5.74) is 0.274. The van der Waals surface area contributed by atoms with E-state index in [0.717, 1.165) is 12.8 Å². The highest BCUT2D eigenvalue weighted by atomic mass is 35.5. The molecule has 0 radical (unpaired) electrons. The van der Waals surface area contributed by atoms with Crippen LogP contribution in [-0.2, 0) is 0 Å². The summed E-state index contributed by atoms with van der Waals surface area (Å²) in [6, 6.07) is 0.247. The molecule has 1 saturated carbocycles. The number of carbonyl (C=O) groups is 1. The predicted molar refractivity (Wildman–Crippen MR) is 73.1 cm³/mol. The minimum absolute atomic E-state index is 0.197. The van der Waals surface area contributed by atoms with E-state index in [-0.39, 0.29) is 17.6 Å². The molecule has 2 rings (SSSR count). The van der Waals surface area contributed by atoms with Gasteiger partial charge in [0.15, 0.2) is 10.9 Å². The first-order chi connectivity index (χ1) is 8.60. The van der Waals surface area contributed by atoms with Gasteiger partial charge in [0, 0.05) is 6.04 Å². The number of amides is 1. The van der Waals surface area contributed by atoms with Crippen molar-refractivity contribution < 1.29 is 4.79 Å². The van der Waals surface area contributed by atoms with Gasteiger partial charge in [-0.15, -0.1) is 0 Å². The van der Waals surface area contributed by atoms with Gasteiger partial charge in [-0.3, -0.25) is 4.79 Å². The van der Waals surface area contributed by atoms with Crippen molar-refractivity contribution in [1.29, 1.82) is 0 Å². The standard InChI is InChI=1S/C12H16ClN3OS/c1-7-3-4-8(5-7)15-11(17)10-9(13)6-14-12(16-10)18-2/h6-8H,3-5H2,1-2H3,(H,15,17). The van der Waals surface area contributed by atoms with E-state index >= 15 is 0 Å². The molecule has 6 heteroatoms. The van der Waals surface area contributed by atoms with Crippen molar-refractivity contribution in [2.45, 2.75) is 37.4 Å². The van der Waals surface area contributed by atoms with Gasteiger partial charge in [-0.25, -0.2) is 9.97 Å². The second-order valence-corrected chi connectivity index (χ2v) is 5.82. The van der Waals surface area contributed by atoms with E-state index in [1.165, 1.54) is 24.4 Å². The van der Waals surface area contributed by atoms with Crippen molar-refractivity contribution in [2.24, 2.45) is 5.92 Å². The first-order valence-electron chi connectivity index (χ1n) is 5.97. The first kappa shape index (κ1) is 13.6. The van der Waals surface area contributed by atoms with Gasteiger partial charge in [-0.05, 0) is 31.4 Å². The van der Waals surface area contributed by atoms with Crippen molar-refractivity contribution in [3.05, 3.63) is 16.9 Å². The summed E-state index contributed by atoms with van der Waals surface area (Å²) in [5, 5.41) is 3.86. The van der Waals surface area contributed by atoms with Gasteiger partial charge < -0.3 is 5.32 Å². The summed E-state index contributed by atoms with van der Waals surface area (Å²) in [7, 11) is 0. The van der Waals surface area contributed by atoms with Crippen LogP contribution in [0.3, 0.4) is 0 Å². The minimum Gasteiger partial charge on any atom is -0.348 e. The average Bonchev–Trinajstić information content (AvgIpc) is 2.75. The molecule has 98 valence electrons. The lowest BCUT2D eigenvalue weighted by atomic mass is 10.1. The average molecular weight is 286 g/mol. The van der Waals surface area contributed by atoms with Gasteiger partial charge in [-0.2, -0.15) is 0 Å². The first-order valence-corrected chi connectivity index (χ1v) is 7.57. The van der Waals surface area contributed by atoms with Crippen LogP contribution in [0.15, 0.2) is 11.4 Å². The SMILES string of the molecule is CSc1ncc(Cl)c(C(=O)NC2CCC(C)C2)n1. The van der Waals surface area contributed by atoms with Crippen molar-refractivity contribution in [3.8, 4) is 0 Å². The molecule has 1 aliphatic rings.